The van der Waals surface area contributed by atoms with E-state index < -0.39 is 17.5 Å². The van der Waals surface area contributed by atoms with Crippen LogP contribution in [0, 0.1) is 0 Å². The van der Waals surface area contributed by atoms with Gasteiger partial charge in [0.05, 0.1) is 6.54 Å². The molecular formula is C15H22N6O3S. The fraction of sp³-hybridized carbons (Fsp3) is 0.600. The number of hydrogen-bond acceptors (Lipinski definition) is 7. The van der Waals surface area contributed by atoms with E-state index in [0.29, 0.717) is 6.42 Å². The Balaban J connectivity index is 1.49. The number of hydrazine groups is 1. The zero-order chi connectivity index (χ0) is 18.0. The van der Waals surface area contributed by atoms with Crippen LogP contribution in [0.3, 0.4) is 0 Å². The maximum absolute atomic E-state index is 12.3. The fourth-order valence-corrected chi connectivity index (χ4v) is 3.55. The molecule has 3 rings (SSSR count). The average Bonchev–Trinajstić information content (AvgIpc) is 3.20. The van der Waals surface area contributed by atoms with Crippen LogP contribution in [-0.2, 0) is 9.59 Å². The van der Waals surface area contributed by atoms with Crippen molar-refractivity contribution in [1.82, 2.24) is 25.6 Å². The van der Waals surface area contributed by atoms with Crippen LogP contribution in [0.1, 0.15) is 20.3 Å². The predicted octanol–water partition coefficient (Wildman–Crippen LogP) is 0.0168. The van der Waals surface area contributed by atoms with Crippen molar-refractivity contribution in [2.24, 2.45) is 0 Å². The van der Waals surface area contributed by atoms with Gasteiger partial charge in [-0.3, -0.25) is 19.9 Å². The molecule has 1 aromatic rings. The fourth-order valence-electron chi connectivity index (χ4n) is 2.86. The third-order valence-electron chi connectivity index (χ3n) is 4.63. The molecule has 0 aromatic carbocycles. The molecule has 2 N–H and O–H groups in total. The predicted molar refractivity (Wildman–Crippen MR) is 93.0 cm³/mol. The van der Waals surface area contributed by atoms with Crippen LogP contribution in [0.2, 0.25) is 0 Å². The summed E-state index contributed by atoms with van der Waals surface area (Å²) in [5.74, 6) is -0.798. The van der Waals surface area contributed by atoms with Gasteiger partial charge in [-0.25, -0.2) is 9.78 Å². The Morgan fingerprint density at radius 1 is 1.36 bits per heavy atom. The summed E-state index contributed by atoms with van der Waals surface area (Å²) in [6.07, 6.45) is 2.24. The second-order valence-corrected chi connectivity index (χ2v) is 7.24. The second kappa shape index (κ2) is 6.96. The Morgan fingerprint density at radius 2 is 2.08 bits per heavy atom. The molecule has 10 heteroatoms. The highest BCUT2D eigenvalue weighted by Gasteiger charge is 2.47. The number of carbonyl (C=O) groups excluding carboxylic acids is 3. The molecule has 136 valence electrons. The third kappa shape index (κ3) is 3.59. The minimum absolute atomic E-state index is 0.144. The highest BCUT2D eigenvalue weighted by atomic mass is 32.1. The monoisotopic (exact) mass is 366 g/mol. The summed E-state index contributed by atoms with van der Waals surface area (Å²) in [6.45, 7) is 6.63. The summed E-state index contributed by atoms with van der Waals surface area (Å²) in [7, 11) is 0. The minimum Gasteiger partial charge on any atom is -0.346 e. The lowest BCUT2D eigenvalue weighted by Gasteiger charge is -2.34. The van der Waals surface area contributed by atoms with Gasteiger partial charge in [0, 0.05) is 37.8 Å². The van der Waals surface area contributed by atoms with Crippen LogP contribution in [-0.4, -0.2) is 71.0 Å². The van der Waals surface area contributed by atoms with Crippen molar-refractivity contribution in [2.75, 3.05) is 37.6 Å². The summed E-state index contributed by atoms with van der Waals surface area (Å²) in [5, 5.41) is 6.33. The van der Waals surface area contributed by atoms with E-state index in [1.165, 1.54) is 0 Å². The van der Waals surface area contributed by atoms with E-state index in [0.717, 1.165) is 36.3 Å². The van der Waals surface area contributed by atoms with Crippen molar-refractivity contribution in [3.63, 3.8) is 0 Å². The Hall–Kier alpha value is -2.20. The highest BCUT2D eigenvalue weighted by Crippen LogP contribution is 2.20. The first kappa shape index (κ1) is 17.6. The maximum atomic E-state index is 12.3. The van der Waals surface area contributed by atoms with Crippen LogP contribution in [0.5, 0.6) is 0 Å². The van der Waals surface area contributed by atoms with E-state index in [9.17, 15) is 14.4 Å². The number of nitrogens with zero attached hydrogens (tertiary/aromatic N) is 4. The van der Waals surface area contributed by atoms with Gasteiger partial charge in [-0.15, -0.1) is 11.3 Å². The van der Waals surface area contributed by atoms with Gasteiger partial charge in [0.15, 0.2) is 5.13 Å². The first-order chi connectivity index (χ1) is 11.9. The van der Waals surface area contributed by atoms with Gasteiger partial charge in [0.2, 0.25) is 0 Å². The standard InChI is InChI=1S/C15H22N6O3S/c1-3-15(2)12(23)21(13(24)17-15)18-11(22)10-19-5-7-20(8-6-19)14-16-4-9-25-14/h4,9H,3,5-8,10H2,1-2H3,(H,17,24)(H,18,22). The molecule has 0 spiro atoms. The number of rotatable bonds is 5. The number of carbonyl (C=O) groups is 3. The molecule has 2 aliphatic rings. The Bertz CT molecular complexity index is 658. The van der Waals surface area contributed by atoms with Crippen LogP contribution < -0.4 is 15.6 Å². The normalized spacial score (nSPS) is 24.6. The van der Waals surface area contributed by atoms with Crippen molar-refractivity contribution < 1.29 is 14.4 Å². The number of amides is 4. The molecule has 0 bridgehead atoms. The molecule has 1 unspecified atom stereocenters. The lowest BCUT2D eigenvalue weighted by atomic mass is 10.00. The lowest BCUT2D eigenvalue weighted by Crippen LogP contribution is -2.54. The first-order valence-corrected chi connectivity index (χ1v) is 9.14. The van der Waals surface area contributed by atoms with Gasteiger partial charge in [-0.2, -0.15) is 5.01 Å². The van der Waals surface area contributed by atoms with Crippen molar-refractivity contribution in [3.8, 4) is 0 Å². The topological polar surface area (TPSA) is 97.9 Å². The zero-order valence-corrected chi connectivity index (χ0v) is 15.1. The van der Waals surface area contributed by atoms with Crippen LogP contribution in [0.25, 0.3) is 0 Å². The first-order valence-electron chi connectivity index (χ1n) is 8.26. The molecule has 1 atom stereocenters. The molecule has 9 nitrogen and oxygen atoms in total. The van der Waals surface area contributed by atoms with Crippen molar-refractivity contribution in [3.05, 3.63) is 11.6 Å². The van der Waals surface area contributed by atoms with E-state index in [2.05, 4.69) is 20.6 Å². The molecule has 2 saturated heterocycles. The number of thiazole rings is 1. The van der Waals surface area contributed by atoms with Gasteiger partial charge >= 0.3 is 6.03 Å². The average molecular weight is 366 g/mol. The number of anilines is 1. The van der Waals surface area contributed by atoms with Gasteiger partial charge < -0.3 is 10.2 Å². The molecule has 1 aromatic heterocycles. The Labute approximate surface area is 149 Å². The number of aromatic nitrogens is 1. The second-order valence-electron chi connectivity index (χ2n) is 6.37. The number of urea groups is 1. The molecular weight excluding hydrogens is 344 g/mol. The van der Waals surface area contributed by atoms with Crippen LogP contribution in [0.15, 0.2) is 11.6 Å². The lowest BCUT2D eigenvalue weighted by molar-refractivity contribution is -0.139. The summed E-state index contributed by atoms with van der Waals surface area (Å²) in [4.78, 5) is 44.9. The summed E-state index contributed by atoms with van der Waals surface area (Å²) < 4.78 is 0. The summed E-state index contributed by atoms with van der Waals surface area (Å²) >= 11 is 1.60. The molecule has 25 heavy (non-hydrogen) atoms. The minimum atomic E-state index is -0.955. The largest absolute Gasteiger partial charge is 0.346 e. The molecule has 0 radical (unpaired) electrons. The molecule has 3 heterocycles. The smallest absolute Gasteiger partial charge is 0.344 e. The van der Waals surface area contributed by atoms with Crippen LogP contribution >= 0.6 is 11.3 Å². The van der Waals surface area contributed by atoms with Crippen molar-refractivity contribution >= 4 is 34.3 Å². The van der Waals surface area contributed by atoms with Crippen LogP contribution in [0.4, 0.5) is 9.93 Å². The van der Waals surface area contributed by atoms with Gasteiger partial charge in [-0.1, -0.05) is 6.92 Å². The molecule has 0 saturated carbocycles. The number of nitrogens with one attached hydrogen (secondary N) is 2. The summed E-state index contributed by atoms with van der Waals surface area (Å²) in [5.41, 5.74) is 1.47. The van der Waals surface area contributed by atoms with Gasteiger partial charge in [0.1, 0.15) is 5.54 Å². The third-order valence-corrected chi connectivity index (χ3v) is 5.47. The summed E-state index contributed by atoms with van der Waals surface area (Å²) in [6, 6.07) is -0.587. The van der Waals surface area contributed by atoms with E-state index in [1.54, 1.807) is 24.5 Å². The quantitative estimate of drug-likeness (QED) is 0.713. The van der Waals surface area contributed by atoms with E-state index in [4.69, 9.17) is 0 Å². The maximum Gasteiger partial charge on any atom is 0.344 e. The van der Waals surface area contributed by atoms with E-state index in [1.807, 2.05) is 17.2 Å². The van der Waals surface area contributed by atoms with E-state index >= 15 is 0 Å². The zero-order valence-electron chi connectivity index (χ0n) is 14.3. The Kier molecular flexibility index (Phi) is 4.91. The number of piperazine rings is 1. The SMILES string of the molecule is CCC1(C)NC(=O)N(NC(=O)CN2CCN(c3nccs3)CC2)C1=O. The number of imide groups is 1. The number of hydrogen-bond donors (Lipinski definition) is 2. The van der Waals surface area contributed by atoms with Gasteiger partial charge in [0.25, 0.3) is 11.8 Å². The molecule has 4 amide bonds. The van der Waals surface area contributed by atoms with E-state index in [-0.39, 0.29) is 12.5 Å². The van der Waals surface area contributed by atoms with Gasteiger partial charge in [-0.05, 0) is 13.3 Å². The van der Waals surface area contributed by atoms with Crippen molar-refractivity contribution in [2.45, 2.75) is 25.8 Å². The Morgan fingerprint density at radius 3 is 2.64 bits per heavy atom. The molecule has 0 aliphatic carbocycles. The molecule has 2 fully saturated rings. The van der Waals surface area contributed by atoms with Crippen molar-refractivity contribution in [1.29, 1.82) is 0 Å². The molecule has 2 aliphatic heterocycles. The highest BCUT2D eigenvalue weighted by molar-refractivity contribution is 7.13.